The summed E-state index contributed by atoms with van der Waals surface area (Å²) in [5.74, 6) is 0. The summed E-state index contributed by atoms with van der Waals surface area (Å²) < 4.78 is 0. The summed E-state index contributed by atoms with van der Waals surface area (Å²) in [5.41, 5.74) is 2.93. The molecule has 1 rings (SSSR count). The molecule has 0 bridgehead atoms. The minimum atomic E-state index is 0.212. The molecule has 1 unspecified atom stereocenters. The first-order chi connectivity index (χ1) is 6.97. The molecule has 0 aliphatic heterocycles. The molecule has 0 aromatic heterocycles. The zero-order valence-electron chi connectivity index (χ0n) is 10.2. The SMILES string of the molecule is CCC(C)(C)C(Cl)Cc1ccccc1C. The first kappa shape index (κ1) is 12.6. The highest BCUT2D eigenvalue weighted by Crippen LogP contribution is 2.31. The number of hydrogen-bond acceptors (Lipinski definition) is 0. The highest BCUT2D eigenvalue weighted by Gasteiger charge is 2.26. The van der Waals surface area contributed by atoms with Gasteiger partial charge in [0.2, 0.25) is 0 Å². The molecule has 0 aliphatic carbocycles. The predicted molar refractivity (Wildman–Crippen MR) is 68.6 cm³/mol. The molecule has 0 spiro atoms. The summed E-state index contributed by atoms with van der Waals surface area (Å²) in [7, 11) is 0. The van der Waals surface area contributed by atoms with E-state index in [0.29, 0.717) is 0 Å². The first-order valence-corrected chi connectivity index (χ1v) is 6.09. The third-order valence-corrected chi connectivity index (χ3v) is 4.16. The van der Waals surface area contributed by atoms with E-state index < -0.39 is 0 Å². The molecule has 0 fully saturated rings. The van der Waals surface area contributed by atoms with Gasteiger partial charge in [0.05, 0.1) is 0 Å². The smallest absolute Gasteiger partial charge is 0.0427 e. The Morgan fingerprint density at radius 1 is 1.27 bits per heavy atom. The van der Waals surface area contributed by atoms with Crippen molar-refractivity contribution in [2.45, 2.75) is 45.9 Å². The van der Waals surface area contributed by atoms with Crippen molar-refractivity contribution >= 4 is 11.6 Å². The summed E-state index contributed by atoms with van der Waals surface area (Å²) >= 11 is 6.48. The molecule has 0 saturated carbocycles. The van der Waals surface area contributed by atoms with Crippen LogP contribution >= 0.6 is 11.6 Å². The Balaban J connectivity index is 2.75. The van der Waals surface area contributed by atoms with Gasteiger partial charge < -0.3 is 0 Å². The number of aryl methyl sites for hydroxylation is 1. The molecule has 1 aromatic rings. The summed E-state index contributed by atoms with van der Waals surface area (Å²) in [4.78, 5) is 0. The maximum atomic E-state index is 6.48. The number of alkyl halides is 1. The normalized spacial score (nSPS) is 13.9. The standard InChI is InChI=1S/C14H21Cl/c1-5-14(3,4)13(15)10-12-9-7-6-8-11(12)2/h6-9,13H,5,10H2,1-4H3. The van der Waals surface area contributed by atoms with Crippen LogP contribution in [0.2, 0.25) is 0 Å². The average molecular weight is 225 g/mol. The van der Waals surface area contributed by atoms with Gasteiger partial charge in [0.25, 0.3) is 0 Å². The molecule has 0 aliphatic rings. The van der Waals surface area contributed by atoms with Crippen molar-refractivity contribution < 1.29 is 0 Å². The molecule has 0 heterocycles. The van der Waals surface area contributed by atoms with Gasteiger partial charge in [0.15, 0.2) is 0 Å². The van der Waals surface area contributed by atoms with Gasteiger partial charge in [-0.15, -0.1) is 11.6 Å². The van der Waals surface area contributed by atoms with Crippen molar-refractivity contribution in [1.82, 2.24) is 0 Å². The largest absolute Gasteiger partial charge is 0.122 e. The van der Waals surface area contributed by atoms with E-state index in [1.54, 1.807) is 0 Å². The quantitative estimate of drug-likeness (QED) is 0.657. The van der Waals surface area contributed by atoms with E-state index in [1.165, 1.54) is 11.1 Å². The molecule has 0 N–H and O–H groups in total. The second kappa shape index (κ2) is 5.03. The van der Waals surface area contributed by atoms with Crippen molar-refractivity contribution in [1.29, 1.82) is 0 Å². The van der Waals surface area contributed by atoms with E-state index >= 15 is 0 Å². The Bertz CT molecular complexity index is 315. The maximum absolute atomic E-state index is 6.48. The van der Waals surface area contributed by atoms with Crippen molar-refractivity contribution in [2.24, 2.45) is 5.41 Å². The zero-order chi connectivity index (χ0) is 11.5. The zero-order valence-corrected chi connectivity index (χ0v) is 10.9. The molecule has 15 heavy (non-hydrogen) atoms. The van der Waals surface area contributed by atoms with Crippen LogP contribution in [0.4, 0.5) is 0 Å². The van der Waals surface area contributed by atoms with Crippen molar-refractivity contribution in [3.63, 3.8) is 0 Å². The van der Waals surface area contributed by atoms with E-state index in [4.69, 9.17) is 11.6 Å². The van der Waals surface area contributed by atoms with E-state index in [2.05, 4.69) is 52.0 Å². The van der Waals surface area contributed by atoms with Crippen LogP contribution < -0.4 is 0 Å². The molecule has 0 nitrogen and oxygen atoms in total. The predicted octanol–water partition coefficient (Wildman–Crippen LogP) is 4.58. The van der Waals surface area contributed by atoms with Crippen molar-refractivity contribution in [3.05, 3.63) is 35.4 Å². The molecule has 1 atom stereocenters. The van der Waals surface area contributed by atoms with Crippen molar-refractivity contribution in [3.8, 4) is 0 Å². The fourth-order valence-electron chi connectivity index (χ4n) is 1.53. The third kappa shape index (κ3) is 3.24. The summed E-state index contributed by atoms with van der Waals surface area (Å²) in [6, 6.07) is 8.49. The summed E-state index contributed by atoms with van der Waals surface area (Å²) in [6.07, 6.45) is 2.09. The van der Waals surface area contributed by atoms with Crippen LogP contribution in [0.25, 0.3) is 0 Å². The van der Waals surface area contributed by atoms with E-state index in [-0.39, 0.29) is 10.8 Å². The van der Waals surface area contributed by atoms with Crippen LogP contribution in [0.5, 0.6) is 0 Å². The fourth-order valence-corrected chi connectivity index (χ4v) is 1.85. The minimum absolute atomic E-state index is 0.212. The maximum Gasteiger partial charge on any atom is 0.0427 e. The molecule has 84 valence electrons. The summed E-state index contributed by atoms with van der Waals surface area (Å²) in [6.45, 7) is 8.83. The Hall–Kier alpha value is -0.490. The minimum Gasteiger partial charge on any atom is -0.122 e. The average Bonchev–Trinajstić information content (AvgIpc) is 2.21. The van der Waals surface area contributed by atoms with Crippen LogP contribution in [-0.4, -0.2) is 5.38 Å². The number of halogens is 1. The summed E-state index contributed by atoms with van der Waals surface area (Å²) in [5, 5.41) is 0.212. The lowest BCUT2D eigenvalue weighted by Gasteiger charge is -2.29. The number of hydrogen-bond donors (Lipinski definition) is 0. The number of benzene rings is 1. The highest BCUT2D eigenvalue weighted by molar-refractivity contribution is 6.21. The second-order valence-electron chi connectivity index (χ2n) is 4.94. The van der Waals surface area contributed by atoms with Crippen LogP contribution in [0.15, 0.2) is 24.3 Å². The van der Waals surface area contributed by atoms with E-state index in [1.807, 2.05) is 0 Å². The Morgan fingerprint density at radius 3 is 2.40 bits per heavy atom. The topological polar surface area (TPSA) is 0 Å². The molecule has 0 saturated heterocycles. The van der Waals surface area contributed by atoms with Crippen LogP contribution in [-0.2, 0) is 6.42 Å². The van der Waals surface area contributed by atoms with E-state index in [0.717, 1.165) is 12.8 Å². The fraction of sp³-hybridized carbons (Fsp3) is 0.571. The van der Waals surface area contributed by atoms with Crippen LogP contribution in [0.3, 0.4) is 0 Å². The second-order valence-corrected chi connectivity index (χ2v) is 5.47. The highest BCUT2D eigenvalue weighted by atomic mass is 35.5. The Morgan fingerprint density at radius 2 is 1.87 bits per heavy atom. The van der Waals surface area contributed by atoms with Gasteiger partial charge in [-0.2, -0.15) is 0 Å². The molecule has 1 heteroatoms. The van der Waals surface area contributed by atoms with Crippen molar-refractivity contribution in [2.75, 3.05) is 0 Å². The van der Waals surface area contributed by atoms with Crippen LogP contribution in [0, 0.1) is 12.3 Å². The molecule has 0 radical (unpaired) electrons. The van der Waals surface area contributed by atoms with Gasteiger partial charge in [-0.1, -0.05) is 45.0 Å². The molecule has 0 amide bonds. The van der Waals surface area contributed by atoms with Gasteiger partial charge in [-0.05, 0) is 36.3 Å². The van der Waals surface area contributed by atoms with Gasteiger partial charge in [0, 0.05) is 5.38 Å². The van der Waals surface area contributed by atoms with Gasteiger partial charge in [0.1, 0.15) is 0 Å². The molecule has 1 aromatic carbocycles. The third-order valence-electron chi connectivity index (χ3n) is 3.42. The lowest BCUT2D eigenvalue weighted by Crippen LogP contribution is -2.26. The Labute approximate surface area is 98.7 Å². The molecular weight excluding hydrogens is 204 g/mol. The first-order valence-electron chi connectivity index (χ1n) is 5.66. The van der Waals surface area contributed by atoms with E-state index in [9.17, 15) is 0 Å². The van der Waals surface area contributed by atoms with Gasteiger partial charge in [-0.25, -0.2) is 0 Å². The van der Waals surface area contributed by atoms with Gasteiger partial charge in [-0.3, -0.25) is 0 Å². The number of rotatable bonds is 4. The lowest BCUT2D eigenvalue weighted by atomic mass is 9.83. The lowest BCUT2D eigenvalue weighted by molar-refractivity contribution is 0.330. The monoisotopic (exact) mass is 224 g/mol. The van der Waals surface area contributed by atoms with Gasteiger partial charge >= 0.3 is 0 Å². The van der Waals surface area contributed by atoms with Crippen LogP contribution in [0.1, 0.15) is 38.3 Å². The Kier molecular flexibility index (Phi) is 4.21. The molecular formula is C14H21Cl.